The average Bonchev–Trinajstić information content (AvgIpc) is 3.00. The van der Waals surface area contributed by atoms with Crippen molar-refractivity contribution in [2.75, 3.05) is 26.8 Å². The Bertz CT molecular complexity index is 493. The number of thiophene rings is 1. The first-order chi connectivity index (χ1) is 9.12. The van der Waals surface area contributed by atoms with Gasteiger partial charge in [-0.1, -0.05) is 0 Å². The Hall–Kier alpha value is -0.470. The second-order valence-corrected chi connectivity index (χ2v) is 7.63. The summed E-state index contributed by atoms with van der Waals surface area (Å²) in [7, 11) is -1.51. The van der Waals surface area contributed by atoms with Crippen molar-refractivity contribution in [2.45, 2.75) is 23.6 Å². The van der Waals surface area contributed by atoms with Crippen LogP contribution in [0.15, 0.2) is 15.7 Å². The van der Waals surface area contributed by atoms with Crippen LogP contribution >= 0.6 is 11.3 Å². The summed E-state index contributed by atoms with van der Waals surface area (Å²) in [6, 6.07) is 1.72. The molecule has 1 aliphatic heterocycles. The molecule has 0 aliphatic carbocycles. The maximum atomic E-state index is 12.1. The van der Waals surface area contributed by atoms with Gasteiger partial charge in [0, 0.05) is 26.3 Å². The molecule has 1 aromatic rings. The lowest BCUT2D eigenvalue weighted by molar-refractivity contribution is 0.184. The molecule has 2 rings (SSSR count). The average molecular weight is 304 g/mol. The fourth-order valence-corrected chi connectivity index (χ4v) is 4.37. The van der Waals surface area contributed by atoms with Crippen LogP contribution in [0.2, 0.25) is 0 Å². The summed E-state index contributed by atoms with van der Waals surface area (Å²) in [5.74, 6) is 0.492. The molecule has 19 heavy (non-hydrogen) atoms. The third-order valence-corrected chi connectivity index (χ3v) is 6.09. The van der Waals surface area contributed by atoms with Gasteiger partial charge in [-0.05, 0) is 42.8 Å². The zero-order valence-corrected chi connectivity index (χ0v) is 12.6. The maximum absolute atomic E-state index is 12.1. The van der Waals surface area contributed by atoms with E-state index in [1.54, 1.807) is 6.07 Å². The number of sulfonamides is 1. The Kier molecular flexibility index (Phi) is 5.35. The van der Waals surface area contributed by atoms with Crippen LogP contribution in [0, 0.1) is 5.92 Å². The molecule has 0 saturated carbocycles. The molecular formula is C12H20N2O3S2. The van der Waals surface area contributed by atoms with Gasteiger partial charge in [0.25, 0.3) is 0 Å². The molecule has 0 aromatic carbocycles. The van der Waals surface area contributed by atoms with Crippen LogP contribution in [0.1, 0.15) is 18.4 Å². The summed E-state index contributed by atoms with van der Waals surface area (Å²) in [5, 5.41) is 4.88. The van der Waals surface area contributed by atoms with Crippen LogP contribution in [0.5, 0.6) is 0 Å². The molecule has 2 heterocycles. The second-order valence-electron chi connectivity index (χ2n) is 4.72. The highest BCUT2D eigenvalue weighted by atomic mass is 32.2. The lowest BCUT2D eigenvalue weighted by Gasteiger charge is -2.08. The van der Waals surface area contributed by atoms with Gasteiger partial charge in [-0.2, -0.15) is 0 Å². The fourth-order valence-electron chi connectivity index (χ4n) is 2.07. The van der Waals surface area contributed by atoms with Crippen molar-refractivity contribution in [3.8, 4) is 0 Å². The monoisotopic (exact) mass is 304 g/mol. The number of hydrogen-bond acceptors (Lipinski definition) is 5. The molecule has 1 aromatic heterocycles. The highest BCUT2D eigenvalue weighted by Gasteiger charge is 2.19. The van der Waals surface area contributed by atoms with Crippen LogP contribution in [0.25, 0.3) is 0 Å². The molecule has 0 radical (unpaired) electrons. The molecule has 0 spiro atoms. The Balaban J connectivity index is 1.85. The molecule has 108 valence electrons. The third-order valence-electron chi connectivity index (χ3n) is 3.14. The summed E-state index contributed by atoms with van der Waals surface area (Å²) < 4.78 is 32.5. The summed E-state index contributed by atoms with van der Waals surface area (Å²) in [6.45, 7) is 2.73. The van der Waals surface area contributed by atoms with Crippen molar-refractivity contribution >= 4 is 21.4 Å². The molecule has 7 heteroatoms. The molecule has 1 aliphatic rings. The van der Waals surface area contributed by atoms with E-state index >= 15 is 0 Å². The van der Waals surface area contributed by atoms with Crippen LogP contribution in [0.4, 0.5) is 0 Å². The van der Waals surface area contributed by atoms with Crippen molar-refractivity contribution in [2.24, 2.45) is 5.92 Å². The smallest absolute Gasteiger partial charge is 0.250 e. The van der Waals surface area contributed by atoms with Crippen molar-refractivity contribution in [1.82, 2.24) is 10.0 Å². The summed E-state index contributed by atoms with van der Waals surface area (Å²) in [5.41, 5.74) is 0.997. The Morgan fingerprint density at radius 2 is 2.37 bits per heavy atom. The minimum absolute atomic E-state index is 0.389. The Morgan fingerprint density at radius 3 is 3.05 bits per heavy atom. The molecule has 2 N–H and O–H groups in total. The highest BCUT2D eigenvalue weighted by Crippen LogP contribution is 2.20. The predicted molar refractivity (Wildman–Crippen MR) is 75.8 cm³/mol. The number of rotatable bonds is 7. The molecule has 1 fully saturated rings. The minimum atomic E-state index is -3.35. The molecule has 1 saturated heterocycles. The first kappa shape index (κ1) is 14.9. The van der Waals surface area contributed by atoms with E-state index in [-0.39, 0.29) is 0 Å². The largest absolute Gasteiger partial charge is 0.381 e. The first-order valence-electron chi connectivity index (χ1n) is 6.41. The van der Waals surface area contributed by atoms with Gasteiger partial charge in [0.1, 0.15) is 4.21 Å². The summed E-state index contributed by atoms with van der Waals surface area (Å²) >= 11 is 1.26. The van der Waals surface area contributed by atoms with E-state index in [0.29, 0.717) is 23.2 Å². The van der Waals surface area contributed by atoms with E-state index in [0.717, 1.165) is 31.6 Å². The standard InChI is InChI=1S/C12H20N2O3S2/c1-13-7-11-6-12(18-9-11)19(15,16)14-4-2-10-3-5-17-8-10/h6,9-10,13-14H,2-5,7-8H2,1H3. The van der Waals surface area contributed by atoms with Gasteiger partial charge < -0.3 is 10.1 Å². The summed E-state index contributed by atoms with van der Waals surface area (Å²) in [4.78, 5) is 0. The maximum Gasteiger partial charge on any atom is 0.250 e. The van der Waals surface area contributed by atoms with Crippen LogP contribution in [-0.4, -0.2) is 35.2 Å². The number of hydrogen-bond donors (Lipinski definition) is 2. The quantitative estimate of drug-likeness (QED) is 0.793. The SMILES string of the molecule is CNCc1csc(S(=O)(=O)NCCC2CCOC2)c1. The van der Waals surface area contributed by atoms with Crippen molar-refractivity contribution in [3.05, 3.63) is 17.0 Å². The minimum Gasteiger partial charge on any atom is -0.381 e. The number of ether oxygens (including phenoxy) is 1. The molecule has 0 amide bonds. The lowest BCUT2D eigenvalue weighted by Crippen LogP contribution is -2.25. The van der Waals surface area contributed by atoms with Gasteiger partial charge in [-0.25, -0.2) is 13.1 Å². The normalized spacial score (nSPS) is 19.9. The van der Waals surface area contributed by atoms with E-state index in [4.69, 9.17) is 4.74 Å². The molecule has 1 atom stereocenters. The molecule has 1 unspecified atom stereocenters. The van der Waals surface area contributed by atoms with Crippen molar-refractivity contribution in [1.29, 1.82) is 0 Å². The van der Waals surface area contributed by atoms with Gasteiger partial charge in [0.2, 0.25) is 10.0 Å². The van der Waals surface area contributed by atoms with Gasteiger partial charge in [-0.15, -0.1) is 11.3 Å². The topological polar surface area (TPSA) is 67.4 Å². The molecule has 5 nitrogen and oxygen atoms in total. The van der Waals surface area contributed by atoms with E-state index in [9.17, 15) is 8.42 Å². The fraction of sp³-hybridized carbons (Fsp3) is 0.667. The first-order valence-corrected chi connectivity index (χ1v) is 8.77. The van der Waals surface area contributed by atoms with Crippen LogP contribution in [-0.2, 0) is 21.3 Å². The van der Waals surface area contributed by atoms with Gasteiger partial charge in [0.05, 0.1) is 0 Å². The second kappa shape index (κ2) is 6.81. The van der Waals surface area contributed by atoms with Crippen molar-refractivity contribution < 1.29 is 13.2 Å². The highest BCUT2D eigenvalue weighted by molar-refractivity contribution is 7.91. The third kappa shape index (κ3) is 4.25. The lowest BCUT2D eigenvalue weighted by atomic mass is 10.1. The predicted octanol–water partition coefficient (Wildman–Crippen LogP) is 1.17. The Morgan fingerprint density at radius 1 is 1.53 bits per heavy atom. The van der Waals surface area contributed by atoms with E-state index < -0.39 is 10.0 Å². The zero-order valence-electron chi connectivity index (χ0n) is 11.0. The van der Waals surface area contributed by atoms with Gasteiger partial charge in [0.15, 0.2) is 0 Å². The van der Waals surface area contributed by atoms with Gasteiger partial charge in [-0.3, -0.25) is 0 Å². The zero-order chi connectivity index (χ0) is 13.7. The number of nitrogens with one attached hydrogen (secondary N) is 2. The van der Waals surface area contributed by atoms with Crippen LogP contribution in [0.3, 0.4) is 0 Å². The Labute approximate surface area is 118 Å². The molecular weight excluding hydrogens is 284 g/mol. The summed E-state index contributed by atoms with van der Waals surface area (Å²) in [6.07, 6.45) is 1.88. The van der Waals surface area contributed by atoms with Gasteiger partial charge >= 0.3 is 0 Å². The van der Waals surface area contributed by atoms with Crippen LogP contribution < -0.4 is 10.0 Å². The van der Waals surface area contributed by atoms with E-state index in [2.05, 4.69) is 10.0 Å². The molecule has 0 bridgehead atoms. The van der Waals surface area contributed by atoms with E-state index in [1.807, 2.05) is 12.4 Å². The van der Waals surface area contributed by atoms with Crippen molar-refractivity contribution in [3.63, 3.8) is 0 Å². The van der Waals surface area contributed by atoms with E-state index in [1.165, 1.54) is 11.3 Å².